The standard InChI is InChI=1S/C10H8O2.C5H6N2O.3C2H6/c1-7(11)9-6-12-10-5-3-2-4-8(9)10;1-4(8)5-2-3-6-7-5;3*1-2/h2-6H,1H3;3H,2H2,1H3;3*1-2H3. The Morgan fingerprint density at radius 3 is 1.92 bits per heavy atom. The number of fused-ring (bicyclic) bond motifs is 1. The van der Waals surface area contributed by atoms with Gasteiger partial charge in [-0.05, 0) is 13.0 Å². The zero-order chi connectivity index (χ0) is 20.5. The number of Topliss-reactive ketones (excluding diaryl/α,β-unsaturated/α-hetero) is 2. The Morgan fingerprint density at radius 2 is 1.50 bits per heavy atom. The molecule has 0 saturated heterocycles. The van der Waals surface area contributed by atoms with Crippen molar-refractivity contribution in [2.24, 2.45) is 10.2 Å². The van der Waals surface area contributed by atoms with Crippen molar-refractivity contribution in [1.29, 1.82) is 0 Å². The van der Waals surface area contributed by atoms with E-state index >= 15 is 0 Å². The molecule has 1 aliphatic rings. The molecule has 1 aromatic heterocycles. The molecule has 5 nitrogen and oxygen atoms in total. The highest BCUT2D eigenvalue weighted by molar-refractivity contribution is 6.41. The Hall–Kier alpha value is -2.56. The molecule has 0 saturated carbocycles. The molecule has 0 atom stereocenters. The summed E-state index contributed by atoms with van der Waals surface area (Å²) in [5.41, 5.74) is 1.98. The molecule has 0 unspecified atom stereocenters. The van der Waals surface area contributed by atoms with Crippen LogP contribution < -0.4 is 0 Å². The van der Waals surface area contributed by atoms with Crippen LogP contribution in [-0.2, 0) is 4.79 Å². The predicted octanol–water partition coefficient (Wildman–Crippen LogP) is 6.12. The second kappa shape index (κ2) is 15.9. The second-order valence-corrected chi connectivity index (χ2v) is 4.31. The van der Waals surface area contributed by atoms with E-state index < -0.39 is 0 Å². The molecular formula is C21H32N2O3. The monoisotopic (exact) mass is 360 g/mol. The number of benzene rings is 1. The van der Waals surface area contributed by atoms with Gasteiger partial charge in [-0.15, -0.1) is 0 Å². The van der Waals surface area contributed by atoms with E-state index in [9.17, 15) is 9.59 Å². The van der Waals surface area contributed by atoms with Crippen LogP contribution >= 0.6 is 0 Å². The number of ketones is 2. The zero-order valence-corrected chi connectivity index (χ0v) is 17.3. The van der Waals surface area contributed by atoms with Gasteiger partial charge in [0.2, 0.25) is 0 Å². The van der Waals surface area contributed by atoms with Crippen molar-refractivity contribution >= 4 is 34.5 Å². The SMILES string of the molecule is CC.CC.CC.CC(=O)C1=NN=CC1.CC(=O)c1coc2ccccc12. The summed E-state index contributed by atoms with van der Waals surface area (Å²) < 4.78 is 5.19. The average molecular weight is 360 g/mol. The van der Waals surface area contributed by atoms with Crippen LogP contribution in [0, 0.1) is 0 Å². The zero-order valence-electron chi connectivity index (χ0n) is 17.3. The lowest BCUT2D eigenvalue weighted by Crippen LogP contribution is -2.06. The maximum atomic E-state index is 11.1. The number of carbonyl (C=O) groups is 2. The minimum Gasteiger partial charge on any atom is -0.464 e. The first kappa shape index (κ1) is 25.7. The highest BCUT2D eigenvalue weighted by atomic mass is 16.3. The van der Waals surface area contributed by atoms with Crippen LogP contribution in [0.15, 0.2) is 45.1 Å². The van der Waals surface area contributed by atoms with Crippen molar-refractivity contribution < 1.29 is 14.0 Å². The molecule has 1 aromatic carbocycles. The van der Waals surface area contributed by atoms with Gasteiger partial charge in [-0.25, -0.2) is 0 Å². The first-order valence-corrected chi connectivity index (χ1v) is 9.16. The van der Waals surface area contributed by atoms with Gasteiger partial charge in [0.1, 0.15) is 17.6 Å². The van der Waals surface area contributed by atoms with Gasteiger partial charge in [-0.3, -0.25) is 9.59 Å². The van der Waals surface area contributed by atoms with Crippen LogP contribution in [0.5, 0.6) is 0 Å². The van der Waals surface area contributed by atoms with E-state index in [0.717, 1.165) is 11.0 Å². The molecule has 26 heavy (non-hydrogen) atoms. The van der Waals surface area contributed by atoms with Crippen LogP contribution in [0.4, 0.5) is 0 Å². The molecule has 0 amide bonds. The summed E-state index contributed by atoms with van der Waals surface area (Å²) in [4.78, 5) is 21.5. The summed E-state index contributed by atoms with van der Waals surface area (Å²) in [6.45, 7) is 15.0. The fourth-order valence-corrected chi connectivity index (χ4v) is 1.74. The quantitative estimate of drug-likeness (QED) is 0.606. The normalized spacial score (nSPS) is 10.5. The predicted molar refractivity (Wildman–Crippen MR) is 111 cm³/mol. The summed E-state index contributed by atoms with van der Waals surface area (Å²) in [5.74, 6) is 0.0578. The third kappa shape index (κ3) is 8.51. The summed E-state index contributed by atoms with van der Waals surface area (Å²) >= 11 is 0. The van der Waals surface area contributed by atoms with E-state index in [0.29, 0.717) is 17.7 Å². The van der Waals surface area contributed by atoms with Crippen LogP contribution in [-0.4, -0.2) is 23.5 Å². The third-order valence-electron chi connectivity index (χ3n) is 2.81. The van der Waals surface area contributed by atoms with Crippen molar-refractivity contribution in [3.8, 4) is 0 Å². The van der Waals surface area contributed by atoms with Crippen LogP contribution in [0.2, 0.25) is 0 Å². The van der Waals surface area contributed by atoms with Crippen molar-refractivity contribution in [2.75, 3.05) is 0 Å². The van der Waals surface area contributed by atoms with Crippen LogP contribution in [0.3, 0.4) is 0 Å². The van der Waals surface area contributed by atoms with Gasteiger partial charge < -0.3 is 4.42 Å². The molecule has 0 spiro atoms. The van der Waals surface area contributed by atoms with Gasteiger partial charge in [-0.2, -0.15) is 10.2 Å². The minimum atomic E-state index is 0.0162. The molecule has 1 aliphatic heterocycles. The van der Waals surface area contributed by atoms with Crippen LogP contribution in [0.25, 0.3) is 11.0 Å². The Morgan fingerprint density at radius 1 is 0.923 bits per heavy atom. The number of hydrogen-bond donors (Lipinski definition) is 0. The molecule has 0 N–H and O–H groups in total. The van der Waals surface area contributed by atoms with Crippen molar-refractivity contribution in [2.45, 2.75) is 61.8 Å². The van der Waals surface area contributed by atoms with Gasteiger partial charge in [-0.1, -0.05) is 59.7 Å². The third-order valence-corrected chi connectivity index (χ3v) is 2.81. The Labute approximate surface area is 157 Å². The van der Waals surface area contributed by atoms with Crippen LogP contribution in [0.1, 0.15) is 72.2 Å². The summed E-state index contributed by atoms with van der Waals surface area (Å²) in [6, 6.07) is 7.51. The fraction of sp³-hybridized carbons (Fsp3) is 0.429. The van der Waals surface area contributed by atoms with E-state index in [1.165, 1.54) is 20.1 Å². The smallest absolute Gasteiger partial charge is 0.176 e. The lowest BCUT2D eigenvalue weighted by atomic mass is 10.1. The molecule has 2 heterocycles. The molecule has 0 radical (unpaired) electrons. The second-order valence-electron chi connectivity index (χ2n) is 4.31. The first-order chi connectivity index (χ1) is 12.6. The van der Waals surface area contributed by atoms with Gasteiger partial charge in [0.15, 0.2) is 11.6 Å². The maximum Gasteiger partial charge on any atom is 0.176 e. The lowest BCUT2D eigenvalue weighted by molar-refractivity contribution is -0.111. The maximum absolute atomic E-state index is 11.1. The molecule has 0 bridgehead atoms. The van der Waals surface area contributed by atoms with Crippen molar-refractivity contribution in [3.05, 3.63) is 36.1 Å². The highest BCUT2D eigenvalue weighted by Gasteiger charge is 2.07. The number of para-hydroxylation sites is 1. The number of rotatable bonds is 2. The molecule has 3 rings (SSSR count). The topological polar surface area (TPSA) is 72.0 Å². The summed E-state index contributed by atoms with van der Waals surface area (Å²) in [6.07, 6.45) is 3.74. The van der Waals surface area contributed by atoms with Gasteiger partial charge in [0.25, 0.3) is 0 Å². The van der Waals surface area contributed by atoms with Gasteiger partial charge in [0.05, 0.1) is 5.56 Å². The van der Waals surface area contributed by atoms with E-state index in [2.05, 4.69) is 10.2 Å². The average Bonchev–Trinajstić information content (AvgIpc) is 3.37. The summed E-state index contributed by atoms with van der Waals surface area (Å²) in [5, 5.41) is 7.99. The van der Waals surface area contributed by atoms with E-state index in [4.69, 9.17) is 4.42 Å². The molecule has 2 aromatic rings. The Balaban J connectivity index is 0. The number of hydrogen-bond acceptors (Lipinski definition) is 5. The fourth-order valence-electron chi connectivity index (χ4n) is 1.74. The van der Waals surface area contributed by atoms with Gasteiger partial charge >= 0.3 is 0 Å². The summed E-state index contributed by atoms with van der Waals surface area (Å²) in [7, 11) is 0. The lowest BCUT2D eigenvalue weighted by Gasteiger charge is -1.88. The molecular weight excluding hydrogens is 328 g/mol. The largest absolute Gasteiger partial charge is 0.464 e. The highest BCUT2D eigenvalue weighted by Crippen LogP contribution is 2.20. The number of nitrogens with zero attached hydrogens (tertiary/aromatic N) is 2. The Bertz CT molecular complexity index is 713. The first-order valence-electron chi connectivity index (χ1n) is 9.16. The molecule has 144 valence electrons. The van der Waals surface area contributed by atoms with Crippen molar-refractivity contribution in [3.63, 3.8) is 0 Å². The Kier molecular flexibility index (Phi) is 15.7. The van der Waals surface area contributed by atoms with E-state index in [1.807, 2.05) is 65.8 Å². The minimum absolute atomic E-state index is 0.0162. The van der Waals surface area contributed by atoms with E-state index in [-0.39, 0.29) is 11.6 Å². The number of furan rings is 1. The van der Waals surface area contributed by atoms with E-state index in [1.54, 1.807) is 6.21 Å². The van der Waals surface area contributed by atoms with Crippen molar-refractivity contribution in [1.82, 2.24) is 0 Å². The molecule has 0 fully saturated rings. The molecule has 0 aliphatic carbocycles. The molecule has 5 heteroatoms. The van der Waals surface area contributed by atoms with Gasteiger partial charge in [0, 0.05) is 24.9 Å². The number of carbonyl (C=O) groups excluding carboxylic acids is 2.